The van der Waals surface area contributed by atoms with Crippen LogP contribution in [-0.2, 0) is 7.05 Å². The third kappa shape index (κ3) is 6.24. The molecule has 2 aromatic carbocycles. The molecule has 170 valence electrons. The predicted molar refractivity (Wildman–Crippen MR) is 113 cm³/mol. The van der Waals surface area contributed by atoms with Gasteiger partial charge < -0.3 is 20.5 Å². The van der Waals surface area contributed by atoms with Crippen molar-refractivity contribution in [1.82, 2.24) is 9.78 Å². The third-order valence-corrected chi connectivity index (χ3v) is 4.26. The minimum absolute atomic E-state index is 0.0130. The van der Waals surface area contributed by atoms with Crippen molar-refractivity contribution in [2.45, 2.75) is 25.7 Å². The zero-order chi connectivity index (χ0) is 23.5. The first-order valence-corrected chi connectivity index (χ1v) is 9.62. The predicted octanol–water partition coefficient (Wildman–Crippen LogP) is 4.35. The van der Waals surface area contributed by atoms with Crippen LogP contribution in [-0.4, -0.2) is 34.2 Å². The van der Waals surface area contributed by atoms with E-state index in [1.807, 2.05) is 13.8 Å². The molecule has 3 N–H and O–H groups in total. The molecule has 0 saturated carbocycles. The van der Waals surface area contributed by atoms with Crippen molar-refractivity contribution in [2.24, 2.45) is 12.8 Å². The molecule has 3 rings (SSSR count). The van der Waals surface area contributed by atoms with Crippen molar-refractivity contribution in [3.8, 4) is 22.8 Å². The molecule has 3 aromatic rings. The number of amides is 1. The van der Waals surface area contributed by atoms with Gasteiger partial charge in [0.05, 0.1) is 5.69 Å². The molecule has 0 aliphatic heterocycles. The fraction of sp³-hybridized carbons (Fsp3) is 0.273. The second kappa shape index (κ2) is 8.91. The second-order valence-electron chi connectivity index (χ2n) is 7.86. The van der Waals surface area contributed by atoms with Crippen LogP contribution >= 0.6 is 0 Å². The lowest BCUT2D eigenvalue weighted by Gasteiger charge is -2.21. The van der Waals surface area contributed by atoms with Gasteiger partial charge in [-0.1, -0.05) is 6.07 Å². The molecule has 0 fully saturated rings. The molecule has 0 unspecified atom stereocenters. The van der Waals surface area contributed by atoms with Crippen LogP contribution in [0.4, 0.5) is 18.9 Å². The molecule has 0 spiro atoms. The van der Waals surface area contributed by atoms with Crippen molar-refractivity contribution in [3.63, 3.8) is 0 Å². The Morgan fingerprint density at radius 3 is 2.53 bits per heavy atom. The summed E-state index contributed by atoms with van der Waals surface area (Å²) in [7, 11) is 1.77. The lowest BCUT2D eigenvalue weighted by atomic mass is 10.1. The highest BCUT2D eigenvalue weighted by molar-refractivity contribution is 6.04. The summed E-state index contributed by atoms with van der Waals surface area (Å²) < 4.78 is 48.8. The summed E-state index contributed by atoms with van der Waals surface area (Å²) in [5.74, 6) is -0.523. The van der Waals surface area contributed by atoms with Crippen molar-refractivity contribution in [2.75, 3.05) is 11.9 Å². The van der Waals surface area contributed by atoms with E-state index in [4.69, 9.17) is 10.5 Å². The first kappa shape index (κ1) is 23.1. The standard InChI is InChI=1S/C22H23F3N4O3/c1-21(2,26)13-31-19-8-7-15(12-17(19)18-9-10-27-29(18)3)28-20(30)14-5-4-6-16(11-14)32-22(23,24)25/h4-12H,13,26H2,1-3H3,(H,28,30). The maximum Gasteiger partial charge on any atom is 0.573 e. The van der Waals surface area contributed by atoms with E-state index < -0.39 is 23.6 Å². The molecular weight excluding hydrogens is 425 g/mol. The third-order valence-electron chi connectivity index (χ3n) is 4.26. The Labute approximate surface area is 182 Å². The van der Waals surface area contributed by atoms with Crippen LogP contribution in [0.15, 0.2) is 54.7 Å². The summed E-state index contributed by atoms with van der Waals surface area (Å²) in [6, 6.07) is 11.6. The summed E-state index contributed by atoms with van der Waals surface area (Å²) in [6.45, 7) is 3.93. The number of aromatic nitrogens is 2. The second-order valence-corrected chi connectivity index (χ2v) is 7.86. The normalized spacial score (nSPS) is 11.8. The molecule has 1 heterocycles. The number of hydrogen-bond acceptors (Lipinski definition) is 5. The maximum absolute atomic E-state index is 12.6. The van der Waals surface area contributed by atoms with Crippen molar-refractivity contribution in [3.05, 3.63) is 60.3 Å². The molecule has 7 nitrogen and oxygen atoms in total. The number of nitrogens with one attached hydrogen (secondary N) is 1. The van der Waals surface area contributed by atoms with E-state index >= 15 is 0 Å². The Morgan fingerprint density at radius 1 is 1.16 bits per heavy atom. The van der Waals surface area contributed by atoms with E-state index in [1.165, 1.54) is 12.1 Å². The number of nitrogens with two attached hydrogens (primary N) is 1. The first-order chi connectivity index (χ1) is 14.9. The molecule has 0 aliphatic rings. The smallest absolute Gasteiger partial charge is 0.491 e. The fourth-order valence-electron chi connectivity index (χ4n) is 2.87. The van der Waals surface area contributed by atoms with Crippen LogP contribution in [0, 0.1) is 0 Å². The molecule has 0 aliphatic carbocycles. The van der Waals surface area contributed by atoms with Crippen LogP contribution in [0.1, 0.15) is 24.2 Å². The van der Waals surface area contributed by atoms with E-state index in [1.54, 1.807) is 42.2 Å². The highest BCUT2D eigenvalue weighted by Crippen LogP contribution is 2.33. The van der Waals surface area contributed by atoms with E-state index in [9.17, 15) is 18.0 Å². The Morgan fingerprint density at radius 2 is 1.91 bits per heavy atom. The van der Waals surface area contributed by atoms with Gasteiger partial charge in [-0.3, -0.25) is 9.48 Å². The highest BCUT2D eigenvalue weighted by atomic mass is 19.4. The largest absolute Gasteiger partial charge is 0.573 e. The molecule has 1 aromatic heterocycles. The summed E-state index contributed by atoms with van der Waals surface area (Å²) in [5.41, 5.74) is 7.30. The molecule has 0 saturated heterocycles. The minimum atomic E-state index is -4.85. The van der Waals surface area contributed by atoms with Gasteiger partial charge in [-0.15, -0.1) is 13.2 Å². The first-order valence-electron chi connectivity index (χ1n) is 9.62. The van der Waals surface area contributed by atoms with Crippen molar-refractivity contribution < 1.29 is 27.4 Å². The molecule has 1 amide bonds. The Balaban J connectivity index is 1.86. The molecule has 0 radical (unpaired) electrons. The Kier molecular flexibility index (Phi) is 6.45. The van der Waals surface area contributed by atoms with E-state index in [0.717, 1.165) is 17.8 Å². The summed E-state index contributed by atoms with van der Waals surface area (Å²) >= 11 is 0. The number of ether oxygens (including phenoxy) is 2. The number of alkyl halides is 3. The van der Waals surface area contributed by atoms with Crippen molar-refractivity contribution >= 4 is 11.6 Å². The number of anilines is 1. The number of benzene rings is 2. The Hall–Kier alpha value is -3.53. The minimum Gasteiger partial charge on any atom is -0.491 e. The number of hydrogen-bond donors (Lipinski definition) is 2. The van der Waals surface area contributed by atoms with Gasteiger partial charge in [0, 0.05) is 35.6 Å². The van der Waals surface area contributed by atoms with Gasteiger partial charge in [0.25, 0.3) is 5.91 Å². The van der Waals surface area contributed by atoms with Crippen LogP contribution in [0.2, 0.25) is 0 Å². The molecule has 0 atom stereocenters. The lowest BCUT2D eigenvalue weighted by molar-refractivity contribution is -0.274. The monoisotopic (exact) mass is 448 g/mol. The number of aryl methyl sites for hydroxylation is 1. The molecule has 0 bridgehead atoms. The average Bonchev–Trinajstić information content (AvgIpc) is 3.11. The molecule has 10 heteroatoms. The van der Waals surface area contributed by atoms with Crippen LogP contribution in [0.3, 0.4) is 0 Å². The van der Waals surface area contributed by atoms with Gasteiger partial charge in [0.2, 0.25) is 0 Å². The fourth-order valence-corrected chi connectivity index (χ4v) is 2.87. The number of nitrogens with zero attached hydrogens (tertiary/aromatic N) is 2. The van der Waals surface area contributed by atoms with Gasteiger partial charge in [-0.05, 0) is 56.3 Å². The number of carbonyl (C=O) groups excluding carboxylic acids is 1. The number of carbonyl (C=O) groups is 1. The van der Waals surface area contributed by atoms with E-state index in [0.29, 0.717) is 17.0 Å². The van der Waals surface area contributed by atoms with Gasteiger partial charge in [0.15, 0.2) is 0 Å². The van der Waals surface area contributed by atoms with E-state index in [-0.39, 0.29) is 12.2 Å². The van der Waals surface area contributed by atoms with Crippen LogP contribution < -0.4 is 20.5 Å². The van der Waals surface area contributed by atoms with Crippen LogP contribution in [0.5, 0.6) is 11.5 Å². The maximum atomic E-state index is 12.6. The zero-order valence-corrected chi connectivity index (χ0v) is 17.7. The van der Waals surface area contributed by atoms with Gasteiger partial charge in [0.1, 0.15) is 18.1 Å². The summed E-state index contributed by atoms with van der Waals surface area (Å²) in [6.07, 6.45) is -3.22. The summed E-state index contributed by atoms with van der Waals surface area (Å²) in [4.78, 5) is 12.6. The lowest BCUT2D eigenvalue weighted by Crippen LogP contribution is -2.38. The Bertz CT molecular complexity index is 1100. The SMILES string of the molecule is Cn1nccc1-c1cc(NC(=O)c2cccc(OC(F)(F)F)c2)ccc1OCC(C)(C)N. The average molecular weight is 448 g/mol. The number of rotatable bonds is 7. The summed E-state index contributed by atoms with van der Waals surface area (Å²) in [5, 5.41) is 6.85. The van der Waals surface area contributed by atoms with Crippen LogP contribution in [0.25, 0.3) is 11.3 Å². The molecular formula is C22H23F3N4O3. The molecule has 32 heavy (non-hydrogen) atoms. The topological polar surface area (TPSA) is 91.4 Å². The quantitative estimate of drug-likeness (QED) is 0.561. The van der Waals surface area contributed by atoms with E-state index in [2.05, 4.69) is 15.2 Å². The van der Waals surface area contributed by atoms with Gasteiger partial charge in [-0.2, -0.15) is 5.10 Å². The van der Waals surface area contributed by atoms with Gasteiger partial charge >= 0.3 is 6.36 Å². The highest BCUT2D eigenvalue weighted by Gasteiger charge is 2.31. The zero-order valence-electron chi connectivity index (χ0n) is 17.7. The van der Waals surface area contributed by atoms with Crippen molar-refractivity contribution in [1.29, 1.82) is 0 Å². The number of halogens is 3. The van der Waals surface area contributed by atoms with Gasteiger partial charge in [-0.25, -0.2) is 0 Å².